The van der Waals surface area contributed by atoms with Gasteiger partial charge >= 0.3 is 0 Å². The molecular weight excluding hydrogens is 304 g/mol. The van der Waals surface area contributed by atoms with Gasteiger partial charge in [0.2, 0.25) is 5.91 Å². The molecule has 0 radical (unpaired) electrons. The second-order valence-electron chi connectivity index (χ2n) is 6.01. The third-order valence-corrected chi connectivity index (χ3v) is 4.18. The topological polar surface area (TPSA) is 71.3 Å². The van der Waals surface area contributed by atoms with E-state index < -0.39 is 0 Å². The van der Waals surface area contributed by atoms with Gasteiger partial charge in [-0.05, 0) is 42.7 Å². The van der Waals surface area contributed by atoms with Crippen molar-refractivity contribution in [2.45, 2.75) is 19.3 Å². The van der Waals surface area contributed by atoms with Crippen molar-refractivity contribution in [1.82, 2.24) is 5.32 Å². The number of hydrogen-bond donors (Lipinski definition) is 2. The Kier molecular flexibility index (Phi) is 4.51. The van der Waals surface area contributed by atoms with E-state index in [-0.39, 0.29) is 11.8 Å². The first kappa shape index (κ1) is 16.1. The van der Waals surface area contributed by atoms with Gasteiger partial charge in [-0.2, -0.15) is 0 Å². The van der Waals surface area contributed by atoms with Gasteiger partial charge in [-0.15, -0.1) is 0 Å². The molecule has 5 heteroatoms. The Balaban J connectivity index is 1.65. The van der Waals surface area contributed by atoms with Gasteiger partial charge in [-0.25, -0.2) is 0 Å². The number of hydrogen-bond acceptors (Lipinski definition) is 3. The Hall–Kier alpha value is -2.82. The molecule has 2 unspecified atom stereocenters. The molecule has 5 nitrogen and oxygen atoms in total. The summed E-state index contributed by atoms with van der Waals surface area (Å²) >= 11 is 0. The van der Waals surface area contributed by atoms with Crippen LogP contribution in [-0.2, 0) is 4.79 Å². The lowest BCUT2D eigenvalue weighted by Crippen LogP contribution is -2.20. The van der Waals surface area contributed by atoms with Gasteiger partial charge in [0, 0.05) is 19.0 Å². The lowest BCUT2D eigenvalue weighted by atomic mass is 10.1. The van der Waals surface area contributed by atoms with Crippen LogP contribution in [0.3, 0.4) is 0 Å². The van der Waals surface area contributed by atoms with Gasteiger partial charge in [0.1, 0.15) is 11.5 Å². The molecule has 1 saturated carbocycles. The summed E-state index contributed by atoms with van der Waals surface area (Å²) in [6.45, 7) is 2.19. The highest BCUT2D eigenvalue weighted by Crippen LogP contribution is 2.47. The number of anilines is 1. The maximum atomic E-state index is 12.1. The molecule has 1 fully saturated rings. The van der Waals surface area contributed by atoms with E-state index in [9.17, 15) is 9.59 Å². The van der Waals surface area contributed by atoms with Crippen LogP contribution < -0.4 is 10.6 Å². The van der Waals surface area contributed by atoms with Gasteiger partial charge in [0.05, 0.1) is 11.3 Å². The van der Waals surface area contributed by atoms with Crippen LogP contribution in [0.2, 0.25) is 0 Å². The quantitative estimate of drug-likeness (QED) is 0.828. The van der Waals surface area contributed by atoms with Crippen LogP contribution >= 0.6 is 0 Å². The predicted molar refractivity (Wildman–Crippen MR) is 92.7 cm³/mol. The molecular formula is C19H20N2O3. The van der Waals surface area contributed by atoms with Crippen molar-refractivity contribution < 1.29 is 14.0 Å². The van der Waals surface area contributed by atoms with Crippen LogP contribution in [0.4, 0.5) is 5.69 Å². The molecule has 1 aliphatic carbocycles. The van der Waals surface area contributed by atoms with E-state index in [4.69, 9.17) is 4.42 Å². The van der Waals surface area contributed by atoms with Crippen LogP contribution in [0.5, 0.6) is 0 Å². The van der Waals surface area contributed by atoms with Crippen molar-refractivity contribution in [2.24, 2.45) is 5.92 Å². The van der Waals surface area contributed by atoms with Crippen molar-refractivity contribution in [3.8, 4) is 0 Å². The van der Waals surface area contributed by atoms with E-state index in [1.807, 2.05) is 12.1 Å². The zero-order chi connectivity index (χ0) is 17.1. The number of amides is 2. The summed E-state index contributed by atoms with van der Waals surface area (Å²) in [6, 6.07) is 10.7. The number of rotatable bonds is 5. The van der Waals surface area contributed by atoms with E-state index >= 15 is 0 Å². The summed E-state index contributed by atoms with van der Waals surface area (Å²) in [7, 11) is 1.55. The minimum Gasteiger partial charge on any atom is -0.461 e. The molecule has 1 aliphatic rings. The zero-order valence-corrected chi connectivity index (χ0v) is 13.7. The summed E-state index contributed by atoms with van der Waals surface area (Å²) in [6.07, 6.45) is 4.20. The predicted octanol–water partition coefficient (Wildman–Crippen LogP) is 3.41. The van der Waals surface area contributed by atoms with Gasteiger partial charge in [-0.3, -0.25) is 9.59 Å². The molecule has 2 atom stereocenters. The highest BCUT2D eigenvalue weighted by molar-refractivity contribution is 6.07. The number of benzene rings is 1. The number of furan rings is 1. The fraction of sp³-hybridized carbons (Fsp3) is 0.263. The van der Waals surface area contributed by atoms with Crippen molar-refractivity contribution in [3.63, 3.8) is 0 Å². The first-order chi connectivity index (χ1) is 11.6. The molecule has 2 amide bonds. The minimum atomic E-state index is -0.316. The van der Waals surface area contributed by atoms with Crippen LogP contribution in [0.1, 0.15) is 41.1 Å². The Labute approximate surface area is 140 Å². The molecule has 0 aliphatic heterocycles. The minimum absolute atomic E-state index is 0.246. The van der Waals surface area contributed by atoms with E-state index in [1.54, 1.807) is 37.4 Å². The SMILES string of the molecule is CNC(=O)c1ccccc1NC(=O)/C=C/c1ccc(C2CC2C)o1. The summed E-state index contributed by atoms with van der Waals surface area (Å²) in [5.41, 5.74) is 0.892. The average Bonchev–Trinajstić information content (AvgIpc) is 3.13. The largest absolute Gasteiger partial charge is 0.461 e. The Bertz CT molecular complexity index is 791. The van der Waals surface area contributed by atoms with E-state index in [1.165, 1.54) is 6.08 Å². The number of carbonyl (C=O) groups is 2. The molecule has 2 aromatic rings. The molecule has 124 valence electrons. The molecule has 1 aromatic heterocycles. The van der Waals surface area contributed by atoms with E-state index in [0.29, 0.717) is 28.8 Å². The van der Waals surface area contributed by atoms with E-state index in [2.05, 4.69) is 17.6 Å². The average molecular weight is 324 g/mol. The van der Waals surface area contributed by atoms with Gasteiger partial charge < -0.3 is 15.1 Å². The van der Waals surface area contributed by atoms with Crippen LogP contribution in [-0.4, -0.2) is 18.9 Å². The number of nitrogens with one attached hydrogen (secondary N) is 2. The fourth-order valence-corrected chi connectivity index (χ4v) is 2.63. The highest BCUT2D eigenvalue weighted by atomic mass is 16.3. The van der Waals surface area contributed by atoms with Crippen molar-refractivity contribution in [2.75, 3.05) is 12.4 Å². The fourth-order valence-electron chi connectivity index (χ4n) is 2.63. The van der Waals surface area contributed by atoms with Crippen LogP contribution in [0, 0.1) is 5.92 Å². The maximum Gasteiger partial charge on any atom is 0.253 e. The lowest BCUT2D eigenvalue weighted by Gasteiger charge is -2.08. The summed E-state index contributed by atoms with van der Waals surface area (Å²) in [4.78, 5) is 23.9. The summed E-state index contributed by atoms with van der Waals surface area (Å²) < 4.78 is 5.73. The molecule has 3 rings (SSSR count). The second-order valence-corrected chi connectivity index (χ2v) is 6.01. The molecule has 1 aromatic carbocycles. The normalized spacial score (nSPS) is 19.2. The third kappa shape index (κ3) is 3.56. The third-order valence-electron chi connectivity index (χ3n) is 4.18. The van der Waals surface area contributed by atoms with Crippen molar-refractivity contribution in [1.29, 1.82) is 0 Å². The zero-order valence-electron chi connectivity index (χ0n) is 13.7. The first-order valence-electron chi connectivity index (χ1n) is 7.98. The summed E-state index contributed by atoms with van der Waals surface area (Å²) in [5.74, 6) is 2.26. The maximum absolute atomic E-state index is 12.1. The standard InChI is InChI=1S/C19H20N2O3/c1-12-11-15(12)17-9-7-13(24-17)8-10-18(22)21-16-6-4-3-5-14(16)19(23)20-2/h3-10,12,15H,11H2,1-2H3,(H,20,23)(H,21,22)/b10-8+. The first-order valence-corrected chi connectivity index (χ1v) is 7.98. The van der Waals surface area contributed by atoms with E-state index in [0.717, 1.165) is 12.2 Å². The molecule has 24 heavy (non-hydrogen) atoms. The molecule has 0 bridgehead atoms. The molecule has 1 heterocycles. The number of para-hydroxylation sites is 1. The lowest BCUT2D eigenvalue weighted by molar-refractivity contribution is -0.111. The van der Waals surface area contributed by atoms with Gasteiger partial charge in [0.15, 0.2) is 0 Å². The number of carbonyl (C=O) groups excluding carboxylic acids is 2. The van der Waals surface area contributed by atoms with Crippen molar-refractivity contribution >= 4 is 23.6 Å². The Morgan fingerprint density at radius 3 is 2.67 bits per heavy atom. The summed E-state index contributed by atoms with van der Waals surface area (Å²) in [5, 5.41) is 5.27. The molecule has 0 spiro atoms. The Morgan fingerprint density at radius 1 is 1.21 bits per heavy atom. The van der Waals surface area contributed by atoms with Crippen LogP contribution in [0.15, 0.2) is 46.9 Å². The monoisotopic (exact) mass is 324 g/mol. The highest BCUT2D eigenvalue weighted by Gasteiger charge is 2.36. The van der Waals surface area contributed by atoms with Gasteiger partial charge in [-0.1, -0.05) is 19.1 Å². The molecule has 2 N–H and O–H groups in total. The molecule has 0 saturated heterocycles. The van der Waals surface area contributed by atoms with Crippen LogP contribution in [0.25, 0.3) is 6.08 Å². The van der Waals surface area contributed by atoms with Crippen molar-refractivity contribution in [3.05, 3.63) is 59.6 Å². The second kappa shape index (κ2) is 6.74. The van der Waals surface area contributed by atoms with Gasteiger partial charge in [0.25, 0.3) is 5.91 Å². The smallest absolute Gasteiger partial charge is 0.253 e. The Morgan fingerprint density at radius 2 is 1.96 bits per heavy atom.